The number of carbonyl (C=O) groups excluding carboxylic acids is 1. The van der Waals surface area contributed by atoms with Gasteiger partial charge in [0.25, 0.3) is 0 Å². The van der Waals surface area contributed by atoms with Gasteiger partial charge in [-0.3, -0.25) is 9.48 Å². The third kappa shape index (κ3) is 2.54. The van der Waals surface area contributed by atoms with E-state index in [1.165, 1.54) is 0 Å². The van der Waals surface area contributed by atoms with Crippen LogP contribution < -0.4 is 4.90 Å². The van der Waals surface area contributed by atoms with E-state index in [-0.39, 0.29) is 0 Å². The molecule has 2 aromatic heterocycles. The van der Waals surface area contributed by atoms with Crippen molar-refractivity contribution in [3.63, 3.8) is 0 Å². The van der Waals surface area contributed by atoms with Crippen molar-refractivity contribution < 1.29 is 4.79 Å². The number of anilines is 1. The molecule has 2 aromatic rings. The van der Waals surface area contributed by atoms with Gasteiger partial charge in [-0.15, -0.1) is 0 Å². The van der Waals surface area contributed by atoms with Crippen LogP contribution in [-0.2, 0) is 11.8 Å². The molecule has 0 spiro atoms. The SMILES string of the molecule is CN(C(=O)C1CC1)C1CCN(c2ncnc3c2cnn3C)CC1. The molecule has 2 aliphatic rings. The van der Waals surface area contributed by atoms with E-state index in [0.29, 0.717) is 17.9 Å². The molecule has 0 atom stereocenters. The summed E-state index contributed by atoms with van der Waals surface area (Å²) in [7, 11) is 3.86. The molecule has 1 saturated carbocycles. The van der Waals surface area contributed by atoms with Gasteiger partial charge < -0.3 is 9.80 Å². The Balaban J connectivity index is 1.47. The first-order valence-electron chi connectivity index (χ1n) is 8.29. The standard InChI is InChI=1S/C16H22N6O/c1-20(16(23)11-3-4-11)12-5-7-22(8-6-12)15-13-9-19-21(2)14(13)17-10-18-15/h9-12H,3-8H2,1-2H3. The van der Waals surface area contributed by atoms with Crippen molar-refractivity contribution in [3.05, 3.63) is 12.5 Å². The summed E-state index contributed by atoms with van der Waals surface area (Å²) in [5.74, 6) is 1.59. The molecule has 0 bridgehead atoms. The first-order chi connectivity index (χ1) is 11.1. The smallest absolute Gasteiger partial charge is 0.225 e. The maximum Gasteiger partial charge on any atom is 0.225 e. The van der Waals surface area contributed by atoms with Crippen LogP contribution in [-0.4, -0.2) is 56.7 Å². The van der Waals surface area contributed by atoms with Gasteiger partial charge in [-0.2, -0.15) is 5.10 Å². The summed E-state index contributed by atoms with van der Waals surface area (Å²) in [6, 6.07) is 0.352. The number of aryl methyl sites for hydroxylation is 1. The molecule has 4 rings (SSSR count). The van der Waals surface area contributed by atoms with Crippen LogP contribution in [0.25, 0.3) is 11.0 Å². The summed E-state index contributed by atoms with van der Waals surface area (Å²) >= 11 is 0. The van der Waals surface area contributed by atoms with E-state index in [9.17, 15) is 4.79 Å². The van der Waals surface area contributed by atoms with Crippen LogP contribution in [0.15, 0.2) is 12.5 Å². The van der Waals surface area contributed by atoms with E-state index in [0.717, 1.165) is 55.6 Å². The molecular formula is C16H22N6O. The second-order valence-electron chi connectivity index (χ2n) is 6.64. The number of rotatable bonds is 3. The van der Waals surface area contributed by atoms with Crippen molar-refractivity contribution in [2.24, 2.45) is 13.0 Å². The van der Waals surface area contributed by atoms with Crippen molar-refractivity contribution >= 4 is 22.8 Å². The van der Waals surface area contributed by atoms with Crippen LogP contribution in [0.2, 0.25) is 0 Å². The summed E-state index contributed by atoms with van der Waals surface area (Å²) in [4.78, 5) is 25.3. The Bertz CT molecular complexity index is 729. The van der Waals surface area contributed by atoms with Crippen molar-refractivity contribution in [2.75, 3.05) is 25.0 Å². The molecule has 2 fully saturated rings. The van der Waals surface area contributed by atoms with Gasteiger partial charge in [-0.05, 0) is 25.7 Å². The van der Waals surface area contributed by atoms with Gasteiger partial charge in [-0.25, -0.2) is 9.97 Å². The number of hydrogen-bond donors (Lipinski definition) is 0. The van der Waals surface area contributed by atoms with E-state index in [1.807, 2.05) is 25.2 Å². The largest absolute Gasteiger partial charge is 0.356 e. The molecule has 0 unspecified atom stereocenters. The first kappa shape index (κ1) is 14.4. The number of aromatic nitrogens is 4. The van der Waals surface area contributed by atoms with E-state index in [1.54, 1.807) is 11.0 Å². The summed E-state index contributed by atoms with van der Waals surface area (Å²) < 4.78 is 1.77. The number of hydrogen-bond acceptors (Lipinski definition) is 5. The fourth-order valence-electron chi connectivity index (χ4n) is 3.46. The predicted octanol–water partition coefficient (Wildman–Crippen LogP) is 1.20. The van der Waals surface area contributed by atoms with Crippen LogP contribution in [0.4, 0.5) is 5.82 Å². The summed E-state index contributed by atoms with van der Waals surface area (Å²) in [5.41, 5.74) is 0.859. The lowest BCUT2D eigenvalue weighted by molar-refractivity contribution is -0.133. The van der Waals surface area contributed by atoms with Gasteiger partial charge in [-0.1, -0.05) is 0 Å². The predicted molar refractivity (Wildman–Crippen MR) is 87.0 cm³/mol. The van der Waals surface area contributed by atoms with Crippen LogP contribution in [0.3, 0.4) is 0 Å². The average Bonchev–Trinajstić information content (AvgIpc) is 3.37. The molecule has 23 heavy (non-hydrogen) atoms. The monoisotopic (exact) mass is 314 g/mol. The zero-order chi connectivity index (χ0) is 16.0. The van der Waals surface area contributed by atoms with Crippen LogP contribution in [0, 0.1) is 5.92 Å². The first-order valence-corrected chi connectivity index (χ1v) is 8.29. The molecule has 1 saturated heterocycles. The molecule has 1 aliphatic carbocycles. The molecule has 0 radical (unpaired) electrons. The zero-order valence-corrected chi connectivity index (χ0v) is 13.6. The molecule has 7 heteroatoms. The Morgan fingerprint density at radius 1 is 1.22 bits per heavy atom. The Labute approximate surface area is 135 Å². The van der Waals surface area contributed by atoms with E-state index in [2.05, 4.69) is 20.0 Å². The maximum atomic E-state index is 12.2. The fraction of sp³-hybridized carbons (Fsp3) is 0.625. The number of nitrogens with zero attached hydrogens (tertiary/aromatic N) is 6. The lowest BCUT2D eigenvalue weighted by atomic mass is 10.0. The van der Waals surface area contributed by atoms with E-state index < -0.39 is 0 Å². The Morgan fingerprint density at radius 2 is 1.96 bits per heavy atom. The quantitative estimate of drug-likeness (QED) is 0.851. The molecule has 3 heterocycles. The maximum absolute atomic E-state index is 12.2. The van der Waals surface area contributed by atoms with Gasteiger partial charge in [0, 0.05) is 39.1 Å². The molecule has 0 N–H and O–H groups in total. The third-order valence-corrected chi connectivity index (χ3v) is 5.09. The zero-order valence-electron chi connectivity index (χ0n) is 13.6. The van der Waals surface area contributed by atoms with E-state index >= 15 is 0 Å². The minimum atomic E-state index is 0.301. The number of piperidine rings is 1. The molecule has 7 nitrogen and oxygen atoms in total. The minimum absolute atomic E-state index is 0.301. The number of fused-ring (bicyclic) bond motifs is 1. The Kier molecular flexibility index (Phi) is 3.43. The van der Waals surface area contributed by atoms with Crippen molar-refractivity contribution in [1.29, 1.82) is 0 Å². The van der Waals surface area contributed by atoms with Crippen molar-refractivity contribution in [2.45, 2.75) is 31.7 Å². The highest BCUT2D eigenvalue weighted by molar-refractivity contribution is 5.86. The minimum Gasteiger partial charge on any atom is -0.356 e. The van der Waals surface area contributed by atoms with Crippen LogP contribution in [0.1, 0.15) is 25.7 Å². The second-order valence-corrected chi connectivity index (χ2v) is 6.64. The lowest BCUT2D eigenvalue weighted by Crippen LogP contribution is -2.46. The number of carbonyl (C=O) groups is 1. The highest BCUT2D eigenvalue weighted by Gasteiger charge is 2.35. The molecule has 1 aliphatic heterocycles. The van der Waals surface area contributed by atoms with Gasteiger partial charge in [0.1, 0.15) is 12.1 Å². The lowest BCUT2D eigenvalue weighted by Gasteiger charge is -2.37. The van der Waals surface area contributed by atoms with Crippen molar-refractivity contribution in [3.8, 4) is 0 Å². The Morgan fingerprint density at radius 3 is 2.65 bits per heavy atom. The van der Waals surface area contributed by atoms with Gasteiger partial charge >= 0.3 is 0 Å². The number of amides is 1. The highest BCUT2D eigenvalue weighted by Crippen LogP contribution is 2.33. The van der Waals surface area contributed by atoms with Crippen molar-refractivity contribution in [1.82, 2.24) is 24.6 Å². The molecule has 1 amide bonds. The van der Waals surface area contributed by atoms with Crippen LogP contribution >= 0.6 is 0 Å². The van der Waals surface area contributed by atoms with Gasteiger partial charge in [0.05, 0.1) is 11.6 Å². The van der Waals surface area contributed by atoms with Crippen LogP contribution in [0.5, 0.6) is 0 Å². The third-order valence-electron chi connectivity index (χ3n) is 5.09. The second kappa shape index (κ2) is 5.47. The Hall–Kier alpha value is -2.18. The molecule has 0 aromatic carbocycles. The average molecular weight is 314 g/mol. The van der Waals surface area contributed by atoms with Gasteiger partial charge in [0.15, 0.2) is 5.65 Å². The summed E-state index contributed by atoms with van der Waals surface area (Å²) in [5, 5.41) is 5.27. The fourth-order valence-corrected chi connectivity index (χ4v) is 3.46. The van der Waals surface area contributed by atoms with Gasteiger partial charge in [0.2, 0.25) is 5.91 Å². The normalized spacial score (nSPS) is 19.3. The summed E-state index contributed by atoms with van der Waals surface area (Å²) in [6.07, 6.45) is 7.55. The molecular weight excluding hydrogens is 292 g/mol. The van der Waals surface area contributed by atoms with E-state index in [4.69, 9.17) is 0 Å². The molecule has 122 valence electrons. The topological polar surface area (TPSA) is 67.2 Å². The summed E-state index contributed by atoms with van der Waals surface area (Å²) in [6.45, 7) is 1.82. The highest BCUT2D eigenvalue weighted by atomic mass is 16.2.